The Hall–Kier alpha value is -3.53. The predicted molar refractivity (Wildman–Crippen MR) is 156 cm³/mol. The maximum atomic E-state index is 14.7. The summed E-state index contributed by atoms with van der Waals surface area (Å²) in [6, 6.07) is 6.03. The summed E-state index contributed by atoms with van der Waals surface area (Å²) in [6.07, 6.45) is 8.67. The van der Waals surface area contributed by atoms with Gasteiger partial charge in [0.15, 0.2) is 11.2 Å². The summed E-state index contributed by atoms with van der Waals surface area (Å²) in [7, 11) is 0. The molecule has 4 aliphatic heterocycles. The number of imidazole rings is 1. The summed E-state index contributed by atoms with van der Waals surface area (Å²) >= 11 is 1.11. The van der Waals surface area contributed by atoms with Crippen molar-refractivity contribution in [1.82, 2.24) is 29.7 Å². The van der Waals surface area contributed by atoms with Crippen molar-refractivity contribution in [3.63, 3.8) is 0 Å². The lowest BCUT2D eigenvalue weighted by molar-refractivity contribution is 0.111. The molecular formula is C29H32FN9OS. The van der Waals surface area contributed by atoms with Gasteiger partial charge in [-0.15, -0.1) is 11.3 Å². The Kier molecular flexibility index (Phi) is 5.84. The first-order valence-electron chi connectivity index (χ1n) is 14.5. The summed E-state index contributed by atoms with van der Waals surface area (Å²) in [5.41, 5.74) is 8.59. The topological polar surface area (TPSA) is 121 Å². The van der Waals surface area contributed by atoms with Crippen molar-refractivity contribution in [3.8, 4) is 11.9 Å². The van der Waals surface area contributed by atoms with Crippen molar-refractivity contribution in [2.75, 3.05) is 43.4 Å². The molecule has 0 saturated carbocycles. The van der Waals surface area contributed by atoms with E-state index in [0.29, 0.717) is 68.9 Å². The summed E-state index contributed by atoms with van der Waals surface area (Å²) in [6.45, 7) is 5.05. The molecular weight excluding hydrogens is 541 g/mol. The molecule has 2 bridgehead atoms. The third-order valence-electron chi connectivity index (χ3n) is 9.68. The van der Waals surface area contributed by atoms with Crippen molar-refractivity contribution in [2.45, 2.75) is 62.7 Å². The van der Waals surface area contributed by atoms with Gasteiger partial charge in [0.05, 0.1) is 28.7 Å². The van der Waals surface area contributed by atoms with Gasteiger partial charge in [-0.3, -0.25) is 4.90 Å². The second kappa shape index (κ2) is 9.51. The van der Waals surface area contributed by atoms with Crippen LogP contribution in [0.3, 0.4) is 0 Å². The Balaban J connectivity index is 1.22. The van der Waals surface area contributed by atoms with E-state index in [1.54, 1.807) is 12.4 Å². The fourth-order valence-corrected chi connectivity index (χ4v) is 8.66. The van der Waals surface area contributed by atoms with Gasteiger partial charge in [-0.2, -0.15) is 15.2 Å². The quantitative estimate of drug-likeness (QED) is 0.356. The molecule has 4 aromatic rings. The van der Waals surface area contributed by atoms with Crippen LogP contribution in [0.5, 0.6) is 5.88 Å². The average molecular weight is 574 g/mol. The summed E-state index contributed by atoms with van der Waals surface area (Å²) in [5, 5.41) is 14.2. The van der Waals surface area contributed by atoms with E-state index in [0.717, 1.165) is 68.8 Å². The number of hydrogen-bond donors (Lipinski definition) is 2. The van der Waals surface area contributed by atoms with Crippen LogP contribution in [-0.4, -0.2) is 74.8 Å². The number of anilines is 2. The standard InChI is InChI=1S/C29H32FN9OS/c30-21-6-3-17(22-20(11-31)25(32)41-24(21)22)14-37-16-34-23-26(37)35-28(39-18-4-5-19(39)13-33-12-18)36-27(23)40-15-29-7-1-9-38(29)10-2-8-29/h3,6,16,18-19,33H,1-2,4-5,7-10,12-15,32H2. The van der Waals surface area contributed by atoms with Gasteiger partial charge in [-0.05, 0) is 63.2 Å². The fourth-order valence-electron chi connectivity index (χ4n) is 7.69. The SMILES string of the molecule is N#Cc1c(N)sc2c(F)ccc(Cn3cnc4c(OCC56CCCN5CCC6)nc(N5C6CCC5CNC6)nc43)c12. The van der Waals surface area contributed by atoms with Crippen LogP contribution in [0, 0.1) is 17.1 Å². The number of ether oxygens (including phenoxy) is 1. The van der Waals surface area contributed by atoms with Crippen molar-refractivity contribution in [1.29, 1.82) is 5.26 Å². The van der Waals surface area contributed by atoms with Gasteiger partial charge in [-0.25, -0.2) is 9.37 Å². The molecule has 0 spiro atoms. The van der Waals surface area contributed by atoms with Gasteiger partial charge < -0.3 is 25.3 Å². The zero-order valence-electron chi connectivity index (χ0n) is 22.8. The first-order valence-corrected chi connectivity index (χ1v) is 15.4. The lowest BCUT2D eigenvalue weighted by Crippen LogP contribution is -2.52. The third-order valence-corrected chi connectivity index (χ3v) is 10.7. The minimum absolute atomic E-state index is 0.0837. The largest absolute Gasteiger partial charge is 0.474 e. The maximum Gasteiger partial charge on any atom is 0.247 e. The molecule has 212 valence electrons. The molecule has 4 fully saturated rings. The Labute approximate surface area is 240 Å². The summed E-state index contributed by atoms with van der Waals surface area (Å²) in [5.74, 6) is 0.827. The van der Waals surface area contributed by atoms with Crippen LogP contribution in [0.25, 0.3) is 21.3 Å². The van der Waals surface area contributed by atoms with E-state index in [9.17, 15) is 9.65 Å². The fraction of sp³-hybridized carbons (Fsp3) is 0.517. The zero-order chi connectivity index (χ0) is 27.7. The first kappa shape index (κ1) is 25.2. The Bertz CT molecular complexity index is 1680. The lowest BCUT2D eigenvalue weighted by atomic mass is 9.95. The van der Waals surface area contributed by atoms with Gasteiger partial charge in [-0.1, -0.05) is 6.07 Å². The number of rotatable bonds is 6. The Morgan fingerprint density at radius 1 is 1.17 bits per heavy atom. The third kappa shape index (κ3) is 3.90. The van der Waals surface area contributed by atoms with E-state index in [4.69, 9.17) is 25.4 Å². The molecule has 0 aliphatic carbocycles. The highest BCUT2D eigenvalue weighted by Gasteiger charge is 2.45. The number of halogens is 1. The van der Waals surface area contributed by atoms with Crippen LogP contribution in [-0.2, 0) is 6.54 Å². The molecule has 7 heterocycles. The van der Waals surface area contributed by atoms with Gasteiger partial charge in [0.25, 0.3) is 0 Å². The minimum atomic E-state index is -0.376. The second-order valence-electron chi connectivity index (χ2n) is 11.9. The number of nitrogens with two attached hydrogens (primary N) is 1. The van der Waals surface area contributed by atoms with Crippen molar-refractivity contribution < 1.29 is 9.13 Å². The molecule has 41 heavy (non-hydrogen) atoms. The molecule has 8 rings (SSSR count). The number of thiophene rings is 1. The Morgan fingerprint density at radius 3 is 2.71 bits per heavy atom. The molecule has 4 saturated heterocycles. The maximum absolute atomic E-state index is 14.7. The average Bonchev–Trinajstić information content (AvgIpc) is 3.77. The highest BCUT2D eigenvalue weighted by Crippen LogP contribution is 2.41. The highest BCUT2D eigenvalue weighted by atomic mass is 32.1. The number of nitrogens with one attached hydrogen (secondary N) is 1. The highest BCUT2D eigenvalue weighted by molar-refractivity contribution is 7.23. The van der Waals surface area contributed by atoms with Crippen LogP contribution >= 0.6 is 11.3 Å². The Morgan fingerprint density at radius 2 is 1.95 bits per heavy atom. The van der Waals surface area contributed by atoms with Gasteiger partial charge in [0.2, 0.25) is 11.8 Å². The molecule has 1 aromatic carbocycles. The zero-order valence-corrected chi connectivity index (χ0v) is 23.6. The van der Waals surface area contributed by atoms with Crippen LogP contribution in [0.2, 0.25) is 0 Å². The lowest BCUT2D eigenvalue weighted by Gasteiger charge is -2.35. The molecule has 3 N–H and O–H groups in total. The number of piperazine rings is 1. The van der Waals surface area contributed by atoms with Gasteiger partial charge in [0, 0.05) is 30.6 Å². The molecule has 0 amide bonds. The van der Waals surface area contributed by atoms with E-state index in [-0.39, 0.29) is 11.4 Å². The van der Waals surface area contributed by atoms with Crippen molar-refractivity contribution in [2.24, 2.45) is 0 Å². The summed E-state index contributed by atoms with van der Waals surface area (Å²) < 4.78 is 23.7. The van der Waals surface area contributed by atoms with Crippen LogP contribution in [0.4, 0.5) is 15.3 Å². The van der Waals surface area contributed by atoms with E-state index in [1.807, 2.05) is 4.57 Å². The van der Waals surface area contributed by atoms with E-state index in [1.165, 1.54) is 18.9 Å². The second-order valence-corrected chi connectivity index (χ2v) is 12.9. The van der Waals surface area contributed by atoms with E-state index < -0.39 is 0 Å². The van der Waals surface area contributed by atoms with Crippen molar-refractivity contribution >= 4 is 43.5 Å². The van der Waals surface area contributed by atoms with Gasteiger partial charge >= 0.3 is 0 Å². The minimum Gasteiger partial charge on any atom is -0.474 e. The predicted octanol–water partition coefficient (Wildman–Crippen LogP) is 3.63. The molecule has 2 atom stereocenters. The molecule has 12 heteroatoms. The number of nitrogens with zero attached hydrogens (tertiary/aromatic N) is 7. The number of aromatic nitrogens is 4. The number of hydrogen-bond acceptors (Lipinski definition) is 10. The van der Waals surface area contributed by atoms with Gasteiger partial charge in [0.1, 0.15) is 23.5 Å². The smallest absolute Gasteiger partial charge is 0.247 e. The number of benzene rings is 1. The van der Waals surface area contributed by atoms with Crippen molar-refractivity contribution in [3.05, 3.63) is 35.4 Å². The van der Waals surface area contributed by atoms with E-state index >= 15 is 0 Å². The van der Waals surface area contributed by atoms with E-state index in [2.05, 4.69) is 21.2 Å². The van der Waals surface area contributed by atoms with Crippen LogP contribution < -0.4 is 20.7 Å². The first-order chi connectivity index (χ1) is 20.0. The summed E-state index contributed by atoms with van der Waals surface area (Å²) in [4.78, 5) is 19.8. The number of nitriles is 1. The monoisotopic (exact) mass is 573 g/mol. The molecule has 0 radical (unpaired) electrons. The molecule has 2 unspecified atom stereocenters. The molecule has 10 nitrogen and oxygen atoms in total. The van der Waals surface area contributed by atoms with Crippen LogP contribution in [0.15, 0.2) is 18.5 Å². The van der Waals surface area contributed by atoms with Crippen LogP contribution in [0.1, 0.15) is 49.7 Å². The normalized spacial score (nSPS) is 23.5. The number of nitrogen functional groups attached to an aromatic ring is 1. The molecule has 3 aromatic heterocycles. The number of fused-ring (bicyclic) bond motifs is 5. The molecule has 4 aliphatic rings.